The van der Waals surface area contributed by atoms with E-state index in [0.29, 0.717) is 26.3 Å². The molecule has 1 aromatic carbocycles. The lowest BCUT2D eigenvalue weighted by Gasteiger charge is -2.36. The molecule has 0 saturated carbocycles. The van der Waals surface area contributed by atoms with Gasteiger partial charge in [0, 0.05) is 55.6 Å². The molecular formula is C29H34N6O3. The van der Waals surface area contributed by atoms with Crippen molar-refractivity contribution in [1.82, 2.24) is 29.7 Å². The number of pyridine rings is 1. The van der Waals surface area contributed by atoms with Gasteiger partial charge in [-0.1, -0.05) is 6.07 Å². The quantitative estimate of drug-likeness (QED) is 0.386. The number of carbonyl (C=O) groups is 1. The molecule has 2 aliphatic heterocycles. The number of nitrogens with one attached hydrogen (secondary N) is 2. The van der Waals surface area contributed by atoms with Crippen molar-refractivity contribution in [3.05, 3.63) is 59.3 Å². The number of morpholine rings is 1. The van der Waals surface area contributed by atoms with Crippen molar-refractivity contribution >= 4 is 16.9 Å². The van der Waals surface area contributed by atoms with Gasteiger partial charge in [0.05, 0.1) is 37.0 Å². The highest BCUT2D eigenvalue weighted by molar-refractivity contribution is 5.95. The largest absolute Gasteiger partial charge is 0.381 e. The summed E-state index contributed by atoms with van der Waals surface area (Å²) in [6.45, 7) is 8.22. The predicted octanol–water partition coefficient (Wildman–Crippen LogP) is 3.26. The molecule has 2 aliphatic rings. The van der Waals surface area contributed by atoms with E-state index in [1.54, 1.807) is 18.7 Å². The van der Waals surface area contributed by atoms with E-state index >= 15 is 0 Å². The van der Waals surface area contributed by atoms with E-state index in [1.165, 1.54) is 5.56 Å². The van der Waals surface area contributed by atoms with Crippen LogP contribution in [0.3, 0.4) is 0 Å². The van der Waals surface area contributed by atoms with Crippen LogP contribution in [0.25, 0.3) is 33.4 Å². The molecule has 38 heavy (non-hydrogen) atoms. The summed E-state index contributed by atoms with van der Waals surface area (Å²) >= 11 is 0. The van der Waals surface area contributed by atoms with E-state index < -0.39 is 5.60 Å². The lowest BCUT2D eigenvalue weighted by Crippen LogP contribution is -2.47. The molecule has 9 heteroatoms. The van der Waals surface area contributed by atoms with Crippen LogP contribution in [0.2, 0.25) is 0 Å². The molecule has 1 fully saturated rings. The third kappa shape index (κ3) is 4.30. The molecular weight excluding hydrogens is 480 g/mol. The summed E-state index contributed by atoms with van der Waals surface area (Å²) in [4.78, 5) is 27.2. The maximum atomic E-state index is 12.9. The minimum atomic E-state index is -1.40. The van der Waals surface area contributed by atoms with Gasteiger partial charge in [0.15, 0.2) is 0 Å². The normalized spacial score (nSPS) is 18.1. The molecule has 1 amide bonds. The molecule has 0 bridgehead atoms. The summed E-state index contributed by atoms with van der Waals surface area (Å²) in [5.41, 5.74) is 8.20. The van der Waals surface area contributed by atoms with Gasteiger partial charge in [-0.05, 0) is 61.6 Å². The number of benzene rings is 1. The second-order valence-corrected chi connectivity index (χ2v) is 10.9. The molecule has 9 nitrogen and oxygen atoms in total. The topological polar surface area (TPSA) is 108 Å². The second-order valence-electron chi connectivity index (χ2n) is 10.9. The van der Waals surface area contributed by atoms with Gasteiger partial charge in [-0.25, -0.2) is 9.97 Å². The Hall–Kier alpha value is -3.53. The summed E-state index contributed by atoms with van der Waals surface area (Å²) < 4.78 is 7.86. The third-order valence-electron chi connectivity index (χ3n) is 7.72. The van der Waals surface area contributed by atoms with Crippen LogP contribution >= 0.6 is 0 Å². The molecule has 198 valence electrons. The Morgan fingerprint density at radius 3 is 2.76 bits per heavy atom. The van der Waals surface area contributed by atoms with Gasteiger partial charge in [0.2, 0.25) is 0 Å². The molecule has 0 aliphatic carbocycles. The fourth-order valence-electron chi connectivity index (χ4n) is 5.79. The first-order chi connectivity index (χ1) is 18.2. The predicted molar refractivity (Wildman–Crippen MR) is 145 cm³/mol. The van der Waals surface area contributed by atoms with E-state index in [2.05, 4.69) is 33.5 Å². The number of nitrogens with zero attached hydrogens (tertiary/aromatic N) is 4. The summed E-state index contributed by atoms with van der Waals surface area (Å²) in [5.74, 6) is -0.244. The van der Waals surface area contributed by atoms with Crippen LogP contribution in [-0.2, 0) is 29.5 Å². The zero-order valence-corrected chi connectivity index (χ0v) is 22.3. The van der Waals surface area contributed by atoms with Gasteiger partial charge in [-0.3, -0.25) is 4.79 Å². The number of H-pyrrole nitrogens is 1. The summed E-state index contributed by atoms with van der Waals surface area (Å²) in [7, 11) is 2.01. The van der Waals surface area contributed by atoms with Crippen molar-refractivity contribution in [1.29, 1.82) is 0 Å². The van der Waals surface area contributed by atoms with Gasteiger partial charge in [0.1, 0.15) is 11.2 Å². The molecule has 0 radical (unpaired) electrons. The molecule has 3 N–H and O–H groups in total. The van der Waals surface area contributed by atoms with Crippen molar-refractivity contribution in [2.75, 3.05) is 26.3 Å². The van der Waals surface area contributed by atoms with Gasteiger partial charge < -0.3 is 29.6 Å². The van der Waals surface area contributed by atoms with Crippen LogP contribution in [-0.4, -0.2) is 67.3 Å². The van der Waals surface area contributed by atoms with Gasteiger partial charge in [-0.2, -0.15) is 0 Å². The summed E-state index contributed by atoms with van der Waals surface area (Å²) in [5, 5.41) is 15.0. The molecule has 6 rings (SSSR count). The smallest absolute Gasteiger partial charge is 0.254 e. The highest BCUT2D eigenvalue weighted by Gasteiger charge is 2.33. The number of ether oxygens (including phenoxy) is 1. The van der Waals surface area contributed by atoms with Crippen LogP contribution in [0.4, 0.5) is 0 Å². The highest BCUT2D eigenvalue weighted by atomic mass is 16.5. The number of imidazole rings is 1. The second kappa shape index (κ2) is 9.34. The standard InChI is InChI=1S/C29H34N6O3/c1-17-26(34(4)16-33-17)23-13-32-27-22(23)11-20(12-31-27)19-9-18-5-7-35(28(36)29(2,3)37)14-24(18)21(10-19)25-15-38-8-6-30-25/h9-13,16,25,30,37H,5-8,14-15H2,1-4H3,(H,31,32)/t25-/m0/s1. The van der Waals surface area contributed by atoms with Crippen LogP contribution in [0.5, 0.6) is 0 Å². The molecule has 5 heterocycles. The van der Waals surface area contributed by atoms with Crippen molar-refractivity contribution in [2.24, 2.45) is 7.05 Å². The monoisotopic (exact) mass is 514 g/mol. The number of carbonyl (C=O) groups excluding carboxylic acids is 1. The van der Waals surface area contributed by atoms with Crippen molar-refractivity contribution in [2.45, 2.75) is 45.4 Å². The van der Waals surface area contributed by atoms with Gasteiger partial charge in [-0.15, -0.1) is 0 Å². The van der Waals surface area contributed by atoms with E-state index in [4.69, 9.17) is 9.72 Å². The van der Waals surface area contributed by atoms with Crippen molar-refractivity contribution in [3.63, 3.8) is 0 Å². The third-order valence-corrected chi connectivity index (χ3v) is 7.72. The van der Waals surface area contributed by atoms with E-state index in [9.17, 15) is 9.90 Å². The molecule has 4 aromatic rings. The molecule has 3 aromatic heterocycles. The lowest BCUT2D eigenvalue weighted by molar-refractivity contribution is -0.148. The highest BCUT2D eigenvalue weighted by Crippen LogP contribution is 2.36. The number of hydrogen-bond donors (Lipinski definition) is 3. The number of rotatable bonds is 4. The minimum Gasteiger partial charge on any atom is -0.381 e. The van der Waals surface area contributed by atoms with E-state index in [-0.39, 0.29) is 11.9 Å². The fraction of sp³-hybridized carbons (Fsp3) is 0.414. The minimum absolute atomic E-state index is 0.0336. The summed E-state index contributed by atoms with van der Waals surface area (Å²) in [6, 6.07) is 6.68. The van der Waals surface area contributed by atoms with E-state index in [1.807, 2.05) is 37.3 Å². The molecule has 1 saturated heterocycles. The Morgan fingerprint density at radius 2 is 2.05 bits per heavy atom. The number of aryl methyl sites for hydroxylation is 2. The van der Waals surface area contributed by atoms with Crippen LogP contribution in [0.1, 0.15) is 42.3 Å². The maximum Gasteiger partial charge on any atom is 0.254 e. The van der Waals surface area contributed by atoms with Crippen LogP contribution < -0.4 is 5.32 Å². The molecule has 0 spiro atoms. The first-order valence-corrected chi connectivity index (χ1v) is 13.1. The zero-order valence-electron chi connectivity index (χ0n) is 22.3. The number of amides is 1. The number of aromatic amines is 1. The number of fused-ring (bicyclic) bond motifs is 2. The fourth-order valence-corrected chi connectivity index (χ4v) is 5.79. The number of aromatic nitrogens is 4. The number of hydrogen-bond acceptors (Lipinski definition) is 6. The van der Waals surface area contributed by atoms with Gasteiger partial charge in [0.25, 0.3) is 5.91 Å². The maximum absolute atomic E-state index is 12.9. The molecule has 1 atom stereocenters. The Balaban J connectivity index is 1.45. The number of aliphatic hydroxyl groups is 1. The van der Waals surface area contributed by atoms with Gasteiger partial charge >= 0.3 is 0 Å². The van der Waals surface area contributed by atoms with Crippen molar-refractivity contribution in [3.8, 4) is 22.4 Å². The lowest BCUT2D eigenvalue weighted by atomic mass is 9.87. The Morgan fingerprint density at radius 1 is 1.21 bits per heavy atom. The average Bonchev–Trinajstić information content (AvgIpc) is 3.48. The Labute approximate surface area is 221 Å². The Bertz CT molecular complexity index is 1500. The van der Waals surface area contributed by atoms with Crippen LogP contribution in [0.15, 0.2) is 36.9 Å². The first-order valence-electron chi connectivity index (χ1n) is 13.1. The zero-order chi connectivity index (χ0) is 26.6. The van der Waals surface area contributed by atoms with Crippen molar-refractivity contribution < 1.29 is 14.6 Å². The van der Waals surface area contributed by atoms with E-state index in [0.717, 1.165) is 63.2 Å². The first kappa shape index (κ1) is 24.8. The van der Waals surface area contributed by atoms with Crippen LogP contribution in [0, 0.1) is 6.92 Å². The summed E-state index contributed by atoms with van der Waals surface area (Å²) in [6.07, 6.45) is 6.48. The molecule has 0 unspecified atom stereocenters. The average molecular weight is 515 g/mol. The SMILES string of the molecule is Cc1ncn(C)c1-c1c[nH]c2ncc(-c3cc4c(c([C@@H]5COCCN5)c3)CN(C(=O)C(C)(C)O)CC4)cc12. The Kier molecular flexibility index (Phi) is 6.09.